The van der Waals surface area contributed by atoms with E-state index in [1.807, 2.05) is 6.20 Å². The molecule has 4 heteroatoms. The van der Waals surface area contributed by atoms with Gasteiger partial charge in [0.15, 0.2) is 0 Å². The highest BCUT2D eigenvalue weighted by molar-refractivity contribution is 5.72. The third kappa shape index (κ3) is 2.19. The fourth-order valence-electron chi connectivity index (χ4n) is 2.12. The Morgan fingerprint density at radius 3 is 3.27 bits per heavy atom. The molecule has 1 atom stereocenters. The lowest BCUT2D eigenvalue weighted by Crippen LogP contribution is -2.32. The predicted molar refractivity (Wildman–Crippen MR) is 57.5 cm³/mol. The number of aryl methyl sites for hydroxylation is 1. The highest BCUT2D eigenvalue weighted by Crippen LogP contribution is 2.21. The van der Waals surface area contributed by atoms with Crippen LogP contribution in [0.4, 0.5) is 0 Å². The standard InChI is InChI=1S/C11H17N3O/c1-8-5-13-14-7-10(3-4-11(8)14)6-12-9(2)15/h5,10H,3-4,6-7H2,1-2H3,(H,12,15). The fraction of sp³-hybridized carbons (Fsp3) is 0.636. The number of nitrogens with one attached hydrogen (secondary N) is 1. The Balaban J connectivity index is 1.97. The zero-order valence-corrected chi connectivity index (χ0v) is 9.29. The first kappa shape index (κ1) is 10.2. The third-order valence-corrected chi connectivity index (χ3v) is 3.02. The Kier molecular flexibility index (Phi) is 2.75. The van der Waals surface area contributed by atoms with Crippen molar-refractivity contribution in [2.24, 2.45) is 5.92 Å². The molecule has 2 heterocycles. The Hall–Kier alpha value is -1.32. The summed E-state index contributed by atoms with van der Waals surface area (Å²) in [5, 5.41) is 7.21. The molecule has 0 radical (unpaired) electrons. The van der Waals surface area contributed by atoms with Gasteiger partial charge in [-0.25, -0.2) is 0 Å². The number of carbonyl (C=O) groups excluding carboxylic acids is 1. The Morgan fingerprint density at radius 2 is 2.53 bits per heavy atom. The summed E-state index contributed by atoms with van der Waals surface area (Å²) in [6.45, 7) is 5.37. The number of fused-ring (bicyclic) bond motifs is 1. The summed E-state index contributed by atoms with van der Waals surface area (Å²) < 4.78 is 2.07. The summed E-state index contributed by atoms with van der Waals surface area (Å²) in [6.07, 6.45) is 4.15. The van der Waals surface area contributed by atoms with E-state index in [2.05, 4.69) is 22.0 Å². The van der Waals surface area contributed by atoms with Crippen molar-refractivity contribution in [3.63, 3.8) is 0 Å². The maximum atomic E-state index is 10.8. The van der Waals surface area contributed by atoms with Crippen LogP contribution in [-0.4, -0.2) is 22.2 Å². The van der Waals surface area contributed by atoms with E-state index in [9.17, 15) is 4.79 Å². The molecule has 82 valence electrons. The molecule has 0 aliphatic carbocycles. The van der Waals surface area contributed by atoms with Gasteiger partial charge in [0.2, 0.25) is 5.91 Å². The van der Waals surface area contributed by atoms with E-state index in [1.54, 1.807) is 6.92 Å². The number of hydrogen-bond acceptors (Lipinski definition) is 2. The van der Waals surface area contributed by atoms with Crippen molar-refractivity contribution in [2.45, 2.75) is 33.2 Å². The summed E-state index contributed by atoms with van der Waals surface area (Å²) in [6, 6.07) is 0. The zero-order valence-electron chi connectivity index (χ0n) is 9.29. The molecule has 0 spiro atoms. The molecule has 1 amide bonds. The molecule has 1 aromatic heterocycles. The van der Waals surface area contributed by atoms with Gasteiger partial charge in [-0.3, -0.25) is 9.48 Å². The van der Waals surface area contributed by atoms with Crippen LogP contribution in [0.3, 0.4) is 0 Å². The lowest BCUT2D eigenvalue weighted by molar-refractivity contribution is -0.119. The van der Waals surface area contributed by atoms with Crippen LogP contribution in [0.5, 0.6) is 0 Å². The molecule has 0 saturated carbocycles. The molecule has 1 aliphatic rings. The zero-order chi connectivity index (χ0) is 10.8. The van der Waals surface area contributed by atoms with Gasteiger partial charge in [-0.15, -0.1) is 0 Å². The summed E-state index contributed by atoms with van der Waals surface area (Å²) in [5.74, 6) is 0.582. The molecule has 1 aliphatic heterocycles. The average Bonchev–Trinajstić information content (AvgIpc) is 2.57. The Labute approximate surface area is 89.7 Å². The minimum Gasteiger partial charge on any atom is -0.356 e. The van der Waals surface area contributed by atoms with Crippen molar-refractivity contribution in [2.75, 3.05) is 6.54 Å². The number of carbonyl (C=O) groups is 1. The lowest BCUT2D eigenvalue weighted by Gasteiger charge is -2.23. The molecule has 1 aromatic rings. The molecule has 15 heavy (non-hydrogen) atoms. The Morgan fingerprint density at radius 1 is 1.73 bits per heavy atom. The molecule has 0 aromatic carbocycles. The smallest absolute Gasteiger partial charge is 0.216 e. The number of nitrogens with zero attached hydrogens (tertiary/aromatic N) is 2. The summed E-state index contributed by atoms with van der Waals surface area (Å²) >= 11 is 0. The van der Waals surface area contributed by atoms with Crippen LogP contribution in [-0.2, 0) is 17.8 Å². The molecule has 0 fully saturated rings. The van der Waals surface area contributed by atoms with E-state index in [-0.39, 0.29) is 5.91 Å². The second-order valence-corrected chi connectivity index (χ2v) is 4.30. The van der Waals surface area contributed by atoms with Gasteiger partial charge < -0.3 is 5.32 Å². The topological polar surface area (TPSA) is 46.9 Å². The van der Waals surface area contributed by atoms with Crippen molar-refractivity contribution in [1.29, 1.82) is 0 Å². The maximum Gasteiger partial charge on any atom is 0.216 e. The van der Waals surface area contributed by atoms with Gasteiger partial charge in [-0.2, -0.15) is 5.10 Å². The van der Waals surface area contributed by atoms with Crippen LogP contribution < -0.4 is 5.32 Å². The summed E-state index contributed by atoms with van der Waals surface area (Å²) in [5.41, 5.74) is 2.64. The number of aromatic nitrogens is 2. The van der Waals surface area contributed by atoms with Crippen molar-refractivity contribution < 1.29 is 4.79 Å². The molecule has 4 nitrogen and oxygen atoms in total. The minimum atomic E-state index is 0.0532. The van der Waals surface area contributed by atoms with Crippen LogP contribution in [0.1, 0.15) is 24.6 Å². The molecule has 0 bridgehead atoms. The first-order valence-corrected chi connectivity index (χ1v) is 5.42. The maximum absolute atomic E-state index is 10.8. The van der Waals surface area contributed by atoms with Crippen molar-refractivity contribution in [3.05, 3.63) is 17.5 Å². The SMILES string of the molecule is CC(=O)NCC1CCc2c(C)cnn2C1. The molecule has 1 N–H and O–H groups in total. The van der Waals surface area contributed by atoms with Gasteiger partial charge in [0.25, 0.3) is 0 Å². The second-order valence-electron chi connectivity index (χ2n) is 4.30. The van der Waals surface area contributed by atoms with Crippen LogP contribution >= 0.6 is 0 Å². The van der Waals surface area contributed by atoms with Crippen LogP contribution in [0.15, 0.2) is 6.20 Å². The van der Waals surface area contributed by atoms with Crippen molar-refractivity contribution >= 4 is 5.91 Å². The van der Waals surface area contributed by atoms with E-state index in [4.69, 9.17) is 0 Å². The number of hydrogen-bond donors (Lipinski definition) is 1. The largest absolute Gasteiger partial charge is 0.356 e. The van der Waals surface area contributed by atoms with Crippen LogP contribution in [0.25, 0.3) is 0 Å². The van der Waals surface area contributed by atoms with Crippen LogP contribution in [0.2, 0.25) is 0 Å². The highest BCUT2D eigenvalue weighted by atomic mass is 16.1. The highest BCUT2D eigenvalue weighted by Gasteiger charge is 2.20. The van der Waals surface area contributed by atoms with E-state index in [0.29, 0.717) is 5.92 Å². The monoisotopic (exact) mass is 207 g/mol. The van der Waals surface area contributed by atoms with E-state index < -0.39 is 0 Å². The van der Waals surface area contributed by atoms with Crippen LogP contribution in [0, 0.1) is 12.8 Å². The molecular formula is C11H17N3O. The number of rotatable bonds is 2. The first-order chi connectivity index (χ1) is 7.16. The molecule has 1 unspecified atom stereocenters. The van der Waals surface area contributed by atoms with Gasteiger partial charge in [0.05, 0.1) is 6.20 Å². The third-order valence-electron chi connectivity index (χ3n) is 3.02. The second kappa shape index (κ2) is 4.04. The van der Waals surface area contributed by atoms with E-state index in [0.717, 1.165) is 25.9 Å². The summed E-state index contributed by atoms with van der Waals surface area (Å²) in [7, 11) is 0. The average molecular weight is 207 g/mol. The molecule has 2 rings (SSSR count). The lowest BCUT2D eigenvalue weighted by atomic mass is 9.97. The van der Waals surface area contributed by atoms with E-state index in [1.165, 1.54) is 11.3 Å². The predicted octanol–water partition coefficient (Wildman–Crippen LogP) is 0.890. The van der Waals surface area contributed by atoms with Crippen molar-refractivity contribution in [1.82, 2.24) is 15.1 Å². The van der Waals surface area contributed by atoms with Gasteiger partial charge in [0.1, 0.15) is 0 Å². The Bertz CT molecular complexity index is 370. The first-order valence-electron chi connectivity index (χ1n) is 5.42. The van der Waals surface area contributed by atoms with Crippen molar-refractivity contribution in [3.8, 4) is 0 Å². The van der Waals surface area contributed by atoms with Gasteiger partial charge in [-0.05, 0) is 31.2 Å². The number of amides is 1. The minimum absolute atomic E-state index is 0.0532. The fourth-order valence-corrected chi connectivity index (χ4v) is 2.12. The quantitative estimate of drug-likeness (QED) is 0.783. The van der Waals surface area contributed by atoms with Gasteiger partial charge in [-0.1, -0.05) is 0 Å². The van der Waals surface area contributed by atoms with Gasteiger partial charge in [0, 0.05) is 25.7 Å². The summed E-state index contributed by atoms with van der Waals surface area (Å²) in [4.78, 5) is 10.8. The molecular weight excluding hydrogens is 190 g/mol. The normalized spacial score (nSPS) is 19.7. The van der Waals surface area contributed by atoms with E-state index >= 15 is 0 Å². The molecule has 0 saturated heterocycles. The van der Waals surface area contributed by atoms with Gasteiger partial charge >= 0.3 is 0 Å².